The van der Waals surface area contributed by atoms with Gasteiger partial charge in [0.05, 0.1) is 5.41 Å². The molecule has 1 saturated heterocycles. The monoisotopic (exact) mass is 340 g/mol. The summed E-state index contributed by atoms with van der Waals surface area (Å²) in [5.41, 5.74) is 2.76. The summed E-state index contributed by atoms with van der Waals surface area (Å²) >= 11 is 0. The first-order chi connectivity index (χ1) is 12.0. The number of amides is 1. The van der Waals surface area contributed by atoms with Gasteiger partial charge in [0.25, 0.3) is 0 Å². The van der Waals surface area contributed by atoms with Gasteiger partial charge in [0.15, 0.2) is 0 Å². The zero-order chi connectivity index (χ0) is 17.6. The van der Waals surface area contributed by atoms with Gasteiger partial charge in [0.1, 0.15) is 0 Å². The quantitative estimate of drug-likeness (QED) is 0.898. The molecule has 0 unspecified atom stereocenters. The van der Waals surface area contributed by atoms with E-state index in [1.165, 1.54) is 10.9 Å². The number of hydrogen-bond acceptors (Lipinski definition) is 2. The highest BCUT2D eigenvalue weighted by Crippen LogP contribution is 2.49. The van der Waals surface area contributed by atoms with Crippen molar-refractivity contribution in [3.05, 3.63) is 35.5 Å². The molecule has 0 bridgehead atoms. The molecule has 2 fully saturated rings. The summed E-state index contributed by atoms with van der Waals surface area (Å²) in [4.78, 5) is 29.5. The number of nitrogens with zero attached hydrogens (tertiary/aromatic N) is 1. The lowest BCUT2D eigenvalue weighted by molar-refractivity contribution is -0.149. The summed E-state index contributed by atoms with van der Waals surface area (Å²) in [6.45, 7) is 3.06. The van der Waals surface area contributed by atoms with Crippen molar-refractivity contribution in [3.8, 4) is 0 Å². The van der Waals surface area contributed by atoms with Crippen LogP contribution < -0.4 is 0 Å². The van der Waals surface area contributed by atoms with E-state index in [2.05, 4.69) is 30.1 Å². The van der Waals surface area contributed by atoms with Crippen LogP contribution in [0.3, 0.4) is 0 Å². The van der Waals surface area contributed by atoms with Gasteiger partial charge in [-0.25, -0.2) is 0 Å². The van der Waals surface area contributed by atoms with Crippen LogP contribution in [0.15, 0.2) is 24.4 Å². The predicted molar refractivity (Wildman–Crippen MR) is 95.3 cm³/mol. The first-order valence-corrected chi connectivity index (χ1v) is 9.07. The number of rotatable bonds is 4. The molecule has 0 radical (unpaired) electrons. The zero-order valence-corrected chi connectivity index (χ0v) is 14.5. The first-order valence-electron chi connectivity index (χ1n) is 9.07. The molecule has 2 atom stereocenters. The normalized spacial score (nSPS) is 25.5. The Kier molecular flexibility index (Phi) is 3.82. The van der Waals surface area contributed by atoms with Crippen LogP contribution in [0.2, 0.25) is 0 Å². The molecule has 0 spiro atoms. The molecule has 5 heteroatoms. The summed E-state index contributed by atoms with van der Waals surface area (Å²) in [5, 5.41) is 10.8. The molecule has 2 aromatic rings. The molecule has 1 aromatic heterocycles. The van der Waals surface area contributed by atoms with Crippen molar-refractivity contribution in [1.82, 2.24) is 9.88 Å². The number of fused-ring (bicyclic) bond motifs is 2. The third kappa shape index (κ3) is 2.62. The molecule has 1 aliphatic heterocycles. The smallest absolute Gasteiger partial charge is 0.311 e. The van der Waals surface area contributed by atoms with Crippen LogP contribution in [-0.2, 0) is 16.0 Å². The van der Waals surface area contributed by atoms with Crippen molar-refractivity contribution in [3.63, 3.8) is 0 Å². The molecule has 4 rings (SSSR count). The first kappa shape index (κ1) is 16.2. The Morgan fingerprint density at radius 3 is 3.00 bits per heavy atom. The molecule has 1 amide bonds. The molecule has 132 valence electrons. The lowest BCUT2D eigenvalue weighted by atomic mass is 9.81. The number of likely N-dealkylation sites (tertiary alicyclic amines) is 1. The molecular weight excluding hydrogens is 316 g/mol. The van der Waals surface area contributed by atoms with Gasteiger partial charge in [-0.2, -0.15) is 0 Å². The third-order valence-corrected chi connectivity index (χ3v) is 6.18. The Morgan fingerprint density at radius 1 is 1.40 bits per heavy atom. The lowest BCUT2D eigenvalue weighted by Crippen LogP contribution is -2.37. The second-order valence-electron chi connectivity index (χ2n) is 7.69. The number of aromatic nitrogens is 1. The SMILES string of the molecule is Cc1ccc2[nH]cc(CCC(=O)N3C[C@@H]4CCC[C@@]4(C(=O)O)C3)c2c1. The number of aryl methyl sites for hydroxylation is 2. The molecule has 2 heterocycles. The molecular formula is C20H24N2O3. The van der Waals surface area contributed by atoms with Crippen LogP contribution in [0.1, 0.15) is 36.8 Å². The highest BCUT2D eigenvalue weighted by molar-refractivity contribution is 5.85. The largest absolute Gasteiger partial charge is 0.481 e. The zero-order valence-electron chi connectivity index (χ0n) is 14.5. The summed E-state index contributed by atoms with van der Waals surface area (Å²) in [6.07, 6.45) is 5.70. The van der Waals surface area contributed by atoms with E-state index in [1.54, 1.807) is 4.90 Å². The maximum absolute atomic E-state index is 12.7. The van der Waals surface area contributed by atoms with Crippen LogP contribution in [0.4, 0.5) is 0 Å². The van der Waals surface area contributed by atoms with Gasteiger partial charge in [-0.15, -0.1) is 0 Å². The molecule has 25 heavy (non-hydrogen) atoms. The van der Waals surface area contributed by atoms with Crippen LogP contribution in [-0.4, -0.2) is 40.0 Å². The third-order valence-electron chi connectivity index (χ3n) is 6.18. The molecule has 1 aromatic carbocycles. The van der Waals surface area contributed by atoms with Gasteiger partial charge in [0.2, 0.25) is 5.91 Å². The van der Waals surface area contributed by atoms with Crippen molar-refractivity contribution < 1.29 is 14.7 Å². The highest BCUT2D eigenvalue weighted by atomic mass is 16.4. The number of carbonyl (C=O) groups excluding carboxylic acids is 1. The maximum atomic E-state index is 12.7. The number of nitrogens with one attached hydrogen (secondary N) is 1. The minimum Gasteiger partial charge on any atom is -0.481 e. The Morgan fingerprint density at radius 2 is 2.24 bits per heavy atom. The standard InChI is InChI=1S/C20H24N2O3/c1-13-4-6-17-16(9-13)14(10-21-17)5-7-18(23)22-11-15-3-2-8-20(15,12-22)19(24)25/h4,6,9-10,15,21H,2-3,5,7-8,11-12H2,1H3,(H,24,25)/t15-,20+/m0/s1. The number of carbonyl (C=O) groups is 2. The number of carboxylic acid groups (broad SMARTS) is 1. The number of hydrogen-bond donors (Lipinski definition) is 2. The van der Waals surface area contributed by atoms with E-state index in [9.17, 15) is 14.7 Å². The molecule has 2 N–H and O–H groups in total. The van der Waals surface area contributed by atoms with E-state index < -0.39 is 11.4 Å². The summed E-state index contributed by atoms with van der Waals surface area (Å²) in [5.74, 6) is -0.515. The average Bonchev–Trinajstić information content (AvgIpc) is 3.24. The number of aromatic amines is 1. The molecule has 2 aliphatic rings. The van der Waals surface area contributed by atoms with Gasteiger partial charge in [-0.3, -0.25) is 9.59 Å². The van der Waals surface area contributed by atoms with Crippen molar-refractivity contribution in [1.29, 1.82) is 0 Å². The Balaban J connectivity index is 1.44. The fourth-order valence-electron chi connectivity index (χ4n) is 4.73. The number of benzene rings is 1. The van der Waals surface area contributed by atoms with Crippen LogP contribution >= 0.6 is 0 Å². The maximum Gasteiger partial charge on any atom is 0.311 e. The summed E-state index contributed by atoms with van der Waals surface area (Å²) < 4.78 is 0. The van der Waals surface area contributed by atoms with Crippen molar-refractivity contribution >= 4 is 22.8 Å². The Labute approximate surface area is 147 Å². The number of aliphatic carboxylic acids is 1. The van der Waals surface area contributed by atoms with E-state index >= 15 is 0 Å². The second kappa shape index (κ2) is 5.90. The molecule has 1 saturated carbocycles. The topological polar surface area (TPSA) is 73.4 Å². The van der Waals surface area contributed by atoms with E-state index in [1.807, 2.05) is 6.20 Å². The second-order valence-corrected chi connectivity index (χ2v) is 7.69. The van der Waals surface area contributed by atoms with Gasteiger partial charge in [0, 0.05) is 36.6 Å². The Bertz CT molecular complexity index is 841. The van der Waals surface area contributed by atoms with Gasteiger partial charge < -0.3 is 15.0 Å². The molecule has 5 nitrogen and oxygen atoms in total. The van der Waals surface area contributed by atoms with Gasteiger partial charge in [-0.05, 0) is 49.8 Å². The van der Waals surface area contributed by atoms with E-state index in [0.29, 0.717) is 32.4 Å². The number of H-pyrrole nitrogens is 1. The van der Waals surface area contributed by atoms with Crippen molar-refractivity contribution in [2.24, 2.45) is 11.3 Å². The van der Waals surface area contributed by atoms with Crippen LogP contribution in [0.5, 0.6) is 0 Å². The lowest BCUT2D eigenvalue weighted by Gasteiger charge is -2.23. The minimum absolute atomic E-state index is 0.0806. The minimum atomic E-state index is -0.725. The van der Waals surface area contributed by atoms with Crippen molar-refractivity contribution in [2.45, 2.75) is 39.0 Å². The highest BCUT2D eigenvalue weighted by Gasteiger charge is 2.55. The fourth-order valence-corrected chi connectivity index (χ4v) is 4.73. The van der Waals surface area contributed by atoms with Gasteiger partial charge >= 0.3 is 5.97 Å². The van der Waals surface area contributed by atoms with Crippen LogP contribution in [0, 0.1) is 18.3 Å². The van der Waals surface area contributed by atoms with Gasteiger partial charge in [-0.1, -0.05) is 18.1 Å². The number of carboxylic acids is 1. The average molecular weight is 340 g/mol. The van der Waals surface area contributed by atoms with E-state index in [0.717, 1.165) is 23.9 Å². The predicted octanol–water partition coefficient (Wildman–Crippen LogP) is 3.12. The summed E-state index contributed by atoms with van der Waals surface area (Å²) in [6, 6.07) is 6.28. The fraction of sp³-hybridized carbons (Fsp3) is 0.500. The summed E-state index contributed by atoms with van der Waals surface area (Å²) in [7, 11) is 0. The van der Waals surface area contributed by atoms with E-state index in [-0.39, 0.29) is 11.8 Å². The Hall–Kier alpha value is -2.30. The van der Waals surface area contributed by atoms with Crippen LogP contribution in [0.25, 0.3) is 10.9 Å². The molecule has 1 aliphatic carbocycles. The van der Waals surface area contributed by atoms with Crippen molar-refractivity contribution in [2.75, 3.05) is 13.1 Å². The van der Waals surface area contributed by atoms with E-state index in [4.69, 9.17) is 0 Å².